The van der Waals surface area contributed by atoms with Crippen LogP contribution in [0.4, 0.5) is 17.1 Å². The van der Waals surface area contributed by atoms with Crippen molar-refractivity contribution < 1.29 is 14.4 Å². The highest BCUT2D eigenvalue weighted by molar-refractivity contribution is 7.10. The van der Waals surface area contributed by atoms with Crippen LogP contribution in [0.5, 0.6) is 0 Å². The molecule has 6 nitrogen and oxygen atoms in total. The van der Waals surface area contributed by atoms with E-state index in [1.165, 1.54) is 18.3 Å². The van der Waals surface area contributed by atoms with Crippen LogP contribution in [0.1, 0.15) is 29.8 Å². The molecule has 0 bridgehead atoms. The number of nitrogens with zero attached hydrogens (tertiary/aromatic N) is 1. The van der Waals surface area contributed by atoms with Crippen LogP contribution in [-0.2, 0) is 14.4 Å². The fourth-order valence-electron chi connectivity index (χ4n) is 3.89. The van der Waals surface area contributed by atoms with Gasteiger partial charge in [0.15, 0.2) is 0 Å². The molecule has 4 rings (SSSR count). The number of anilines is 3. The van der Waals surface area contributed by atoms with E-state index in [1.807, 2.05) is 48.7 Å². The van der Waals surface area contributed by atoms with Crippen LogP contribution < -0.4 is 15.5 Å². The number of amides is 3. The van der Waals surface area contributed by atoms with Gasteiger partial charge in [-0.1, -0.05) is 35.4 Å². The summed E-state index contributed by atoms with van der Waals surface area (Å²) in [5.74, 6) is -1.22. The highest BCUT2D eigenvalue weighted by atomic mass is 35.5. The van der Waals surface area contributed by atoms with Crippen LogP contribution in [0.15, 0.2) is 60.0 Å². The Kier molecular flexibility index (Phi) is 6.30. The molecule has 0 aliphatic carbocycles. The standard InChI is InChI=1S/C24H22ClN3O3S/c1-14-5-8-17(9-6-14)28-22(30)13-18(23(28)21-4-3-11-32-21)24(31)27-20-12-16(26-15(2)29)7-10-19(20)25/h3-12,18,23H,13H2,1-2H3,(H,26,29)(H,27,31). The zero-order valence-electron chi connectivity index (χ0n) is 17.6. The largest absolute Gasteiger partial charge is 0.326 e. The van der Waals surface area contributed by atoms with Crippen molar-refractivity contribution in [3.63, 3.8) is 0 Å². The second-order valence-electron chi connectivity index (χ2n) is 7.74. The van der Waals surface area contributed by atoms with E-state index in [9.17, 15) is 14.4 Å². The second-order valence-corrected chi connectivity index (χ2v) is 9.12. The molecular formula is C24H22ClN3O3S. The molecule has 8 heteroatoms. The lowest BCUT2D eigenvalue weighted by atomic mass is 9.97. The molecule has 1 aliphatic heterocycles. The van der Waals surface area contributed by atoms with Crippen molar-refractivity contribution in [2.75, 3.05) is 15.5 Å². The first-order valence-electron chi connectivity index (χ1n) is 10.1. The molecule has 0 spiro atoms. The lowest BCUT2D eigenvalue weighted by Gasteiger charge is -2.27. The zero-order valence-corrected chi connectivity index (χ0v) is 19.2. The smallest absolute Gasteiger partial charge is 0.230 e. The van der Waals surface area contributed by atoms with Gasteiger partial charge in [-0.25, -0.2) is 0 Å². The second kappa shape index (κ2) is 9.14. The molecule has 2 N–H and O–H groups in total. The summed E-state index contributed by atoms with van der Waals surface area (Å²) in [6.07, 6.45) is 0.0886. The van der Waals surface area contributed by atoms with Crippen molar-refractivity contribution in [2.24, 2.45) is 5.92 Å². The molecule has 2 aromatic carbocycles. The van der Waals surface area contributed by atoms with Gasteiger partial charge in [0.2, 0.25) is 17.7 Å². The normalized spacial score (nSPS) is 18.0. The van der Waals surface area contributed by atoms with E-state index in [0.717, 1.165) is 16.1 Å². The number of rotatable bonds is 5. The van der Waals surface area contributed by atoms with Gasteiger partial charge in [-0.2, -0.15) is 0 Å². The van der Waals surface area contributed by atoms with Crippen molar-refractivity contribution in [2.45, 2.75) is 26.3 Å². The van der Waals surface area contributed by atoms with Gasteiger partial charge in [0.05, 0.1) is 22.7 Å². The Morgan fingerprint density at radius 3 is 2.50 bits per heavy atom. The average molecular weight is 468 g/mol. The van der Waals surface area contributed by atoms with Crippen molar-refractivity contribution >= 4 is 57.7 Å². The minimum atomic E-state index is -0.594. The van der Waals surface area contributed by atoms with E-state index < -0.39 is 12.0 Å². The summed E-state index contributed by atoms with van der Waals surface area (Å²) in [6, 6.07) is 16.0. The maximum atomic E-state index is 13.4. The highest BCUT2D eigenvalue weighted by Crippen LogP contribution is 2.43. The molecule has 1 fully saturated rings. The van der Waals surface area contributed by atoms with Crippen molar-refractivity contribution in [3.8, 4) is 0 Å². The maximum absolute atomic E-state index is 13.4. The summed E-state index contributed by atoms with van der Waals surface area (Å²) in [5, 5.41) is 7.83. The van der Waals surface area contributed by atoms with E-state index >= 15 is 0 Å². The molecule has 32 heavy (non-hydrogen) atoms. The monoisotopic (exact) mass is 467 g/mol. The van der Waals surface area contributed by atoms with Crippen LogP contribution >= 0.6 is 22.9 Å². The Hall–Kier alpha value is -3.16. The fraction of sp³-hybridized carbons (Fsp3) is 0.208. The number of thiophene rings is 1. The molecule has 2 unspecified atom stereocenters. The van der Waals surface area contributed by atoms with E-state index in [4.69, 9.17) is 11.6 Å². The van der Waals surface area contributed by atoms with Crippen LogP contribution in [0.3, 0.4) is 0 Å². The SMILES string of the molecule is CC(=O)Nc1ccc(Cl)c(NC(=O)C2CC(=O)N(c3ccc(C)cc3)C2c2cccs2)c1. The third kappa shape index (κ3) is 4.54. The molecule has 1 aromatic heterocycles. The number of hydrogen-bond acceptors (Lipinski definition) is 4. The lowest BCUT2D eigenvalue weighted by molar-refractivity contribution is -0.122. The molecule has 164 valence electrons. The summed E-state index contributed by atoms with van der Waals surface area (Å²) >= 11 is 7.80. The molecule has 3 aromatic rings. The van der Waals surface area contributed by atoms with Crippen molar-refractivity contribution in [1.29, 1.82) is 0 Å². The Labute approximate surface area is 195 Å². The quantitative estimate of drug-likeness (QED) is 0.527. The number of benzene rings is 2. The average Bonchev–Trinajstić information content (AvgIpc) is 3.38. The van der Waals surface area contributed by atoms with Crippen LogP contribution in [0.25, 0.3) is 0 Å². The first-order chi connectivity index (χ1) is 15.3. The summed E-state index contributed by atoms with van der Waals surface area (Å²) < 4.78 is 0. The highest BCUT2D eigenvalue weighted by Gasteiger charge is 2.45. The number of carbonyl (C=O) groups is 3. The number of halogens is 1. The van der Waals surface area contributed by atoms with Gasteiger partial charge >= 0.3 is 0 Å². The predicted octanol–water partition coefficient (Wildman–Crippen LogP) is 5.40. The van der Waals surface area contributed by atoms with Crippen LogP contribution in [0.2, 0.25) is 5.02 Å². The molecule has 0 saturated carbocycles. The summed E-state index contributed by atoms with van der Waals surface area (Å²) in [6.45, 7) is 3.39. The van der Waals surface area contributed by atoms with Gasteiger partial charge in [0.25, 0.3) is 0 Å². The molecule has 3 amide bonds. The molecule has 2 atom stereocenters. The molecule has 1 aliphatic rings. The first kappa shape index (κ1) is 22.0. The van der Waals surface area contributed by atoms with E-state index in [1.54, 1.807) is 23.1 Å². The summed E-state index contributed by atoms with van der Waals surface area (Å²) in [5.41, 5.74) is 2.76. The van der Waals surface area contributed by atoms with Gasteiger partial charge in [0.1, 0.15) is 0 Å². The van der Waals surface area contributed by atoms with Gasteiger partial charge in [0, 0.05) is 29.6 Å². The zero-order chi connectivity index (χ0) is 22.8. The number of aryl methyl sites for hydroxylation is 1. The fourth-order valence-corrected chi connectivity index (χ4v) is 4.94. The van der Waals surface area contributed by atoms with Gasteiger partial charge in [-0.15, -0.1) is 11.3 Å². The summed E-state index contributed by atoms with van der Waals surface area (Å²) in [4.78, 5) is 40.4. The van der Waals surface area contributed by atoms with Crippen molar-refractivity contribution in [1.82, 2.24) is 0 Å². The molecule has 1 saturated heterocycles. The molecular weight excluding hydrogens is 446 g/mol. The minimum Gasteiger partial charge on any atom is -0.326 e. The Bertz CT molecular complexity index is 1160. The van der Waals surface area contributed by atoms with Crippen LogP contribution in [0, 0.1) is 12.8 Å². The third-order valence-corrected chi connectivity index (χ3v) is 6.62. The third-order valence-electron chi connectivity index (χ3n) is 5.35. The van der Waals surface area contributed by atoms with E-state index in [0.29, 0.717) is 16.4 Å². The topological polar surface area (TPSA) is 78.5 Å². The Balaban J connectivity index is 1.65. The first-order valence-corrected chi connectivity index (χ1v) is 11.4. The van der Waals surface area contributed by atoms with Gasteiger partial charge in [-0.3, -0.25) is 14.4 Å². The Morgan fingerprint density at radius 1 is 1.09 bits per heavy atom. The molecule has 2 heterocycles. The van der Waals surface area contributed by atoms with E-state index in [-0.39, 0.29) is 24.1 Å². The lowest BCUT2D eigenvalue weighted by Crippen LogP contribution is -2.32. The van der Waals surface area contributed by atoms with Gasteiger partial charge < -0.3 is 15.5 Å². The van der Waals surface area contributed by atoms with Gasteiger partial charge in [-0.05, 0) is 48.7 Å². The van der Waals surface area contributed by atoms with E-state index in [2.05, 4.69) is 10.6 Å². The number of nitrogens with one attached hydrogen (secondary N) is 2. The maximum Gasteiger partial charge on any atom is 0.230 e. The summed E-state index contributed by atoms with van der Waals surface area (Å²) in [7, 11) is 0. The number of carbonyl (C=O) groups excluding carboxylic acids is 3. The van der Waals surface area contributed by atoms with Crippen LogP contribution in [-0.4, -0.2) is 17.7 Å². The van der Waals surface area contributed by atoms with Crippen molar-refractivity contribution in [3.05, 3.63) is 75.4 Å². The minimum absolute atomic E-state index is 0.0886. The number of hydrogen-bond donors (Lipinski definition) is 2. The molecule has 0 radical (unpaired) electrons. The Morgan fingerprint density at radius 2 is 1.84 bits per heavy atom. The predicted molar refractivity (Wildman–Crippen MR) is 128 cm³/mol.